The maximum absolute atomic E-state index is 13.2. The number of pyridine rings is 1. The number of aromatic nitrogens is 1. The highest BCUT2D eigenvalue weighted by atomic mass is 35.5. The van der Waals surface area contributed by atoms with Crippen molar-refractivity contribution in [2.75, 3.05) is 6.54 Å². The second-order valence-corrected chi connectivity index (χ2v) is 6.34. The molecule has 1 unspecified atom stereocenters. The van der Waals surface area contributed by atoms with E-state index in [1.54, 1.807) is 12.3 Å². The SMILES string of the molecule is O=C1CNC(=O)N1C1C[C@H]1c1ccc(-c2ccc(F)c(Cl)c2)nc1. The summed E-state index contributed by atoms with van der Waals surface area (Å²) in [7, 11) is 0. The molecular weight excluding hydrogens is 333 g/mol. The first kappa shape index (κ1) is 15.1. The fourth-order valence-electron chi connectivity index (χ4n) is 3.05. The number of urea groups is 1. The van der Waals surface area contributed by atoms with Gasteiger partial charge in [-0.2, -0.15) is 0 Å². The summed E-state index contributed by atoms with van der Waals surface area (Å²) < 4.78 is 13.2. The molecule has 5 nitrogen and oxygen atoms in total. The van der Waals surface area contributed by atoms with E-state index < -0.39 is 5.82 Å². The first-order valence-corrected chi connectivity index (χ1v) is 7.93. The second-order valence-electron chi connectivity index (χ2n) is 5.94. The van der Waals surface area contributed by atoms with Crippen molar-refractivity contribution in [3.63, 3.8) is 0 Å². The lowest BCUT2D eigenvalue weighted by Crippen LogP contribution is -2.33. The van der Waals surface area contributed by atoms with Gasteiger partial charge in [0.05, 0.1) is 17.3 Å². The molecule has 3 amide bonds. The maximum atomic E-state index is 13.2. The third-order valence-electron chi connectivity index (χ3n) is 4.40. The topological polar surface area (TPSA) is 62.3 Å². The lowest BCUT2D eigenvalue weighted by Gasteiger charge is -2.12. The Kier molecular flexibility index (Phi) is 3.49. The summed E-state index contributed by atoms with van der Waals surface area (Å²) in [4.78, 5) is 29.1. The summed E-state index contributed by atoms with van der Waals surface area (Å²) in [5.41, 5.74) is 2.40. The van der Waals surface area contributed by atoms with Crippen LogP contribution in [-0.4, -0.2) is 34.4 Å². The Morgan fingerprint density at radius 2 is 2.08 bits per heavy atom. The minimum absolute atomic E-state index is 0.0548. The van der Waals surface area contributed by atoms with Gasteiger partial charge in [-0.05, 0) is 36.2 Å². The average Bonchev–Trinajstić information content (AvgIpc) is 3.29. The van der Waals surface area contributed by atoms with Gasteiger partial charge in [-0.3, -0.25) is 14.7 Å². The minimum atomic E-state index is -0.466. The van der Waals surface area contributed by atoms with Crippen LogP contribution in [0.4, 0.5) is 9.18 Å². The number of nitrogens with zero attached hydrogens (tertiary/aromatic N) is 2. The third-order valence-corrected chi connectivity index (χ3v) is 4.69. The first-order valence-electron chi connectivity index (χ1n) is 7.56. The summed E-state index contributed by atoms with van der Waals surface area (Å²) in [6, 6.07) is 7.80. The van der Waals surface area contributed by atoms with Crippen molar-refractivity contribution >= 4 is 23.5 Å². The molecule has 1 aliphatic heterocycles. The van der Waals surface area contributed by atoms with Gasteiger partial charge in [0.2, 0.25) is 5.91 Å². The predicted molar refractivity (Wildman–Crippen MR) is 86.0 cm³/mol. The average molecular weight is 346 g/mol. The number of rotatable bonds is 3. The Morgan fingerprint density at radius 1 is 1.25 bits per heavy atom. The maximum Gasteiger partial charge on any atom is 0.324 e. The van der Waals surface area contributed by atoms with E-state index in [1.807, 2.05) is 12.1 Å². The highest BCUT2D eigenvalue weighted by Gasteiger charge is 2.49. The van der Waals surface area contributed by atoms with Gasteiger partial charge in [0, 0.05) is 23.7 Å². The first-order chi connectivity index (χ1) is 11.5. The molecule has 1 aliphatic carbocycles. The number of hydrogen-bond donors (Lipinski definition) is 1. The summed E-state index contributed by atoms with van der Waals surface area (Å²) in [5.74, 6) is -0.527. The van der Waals surface area contributed by atoms with Crippen LogP contribution in [0, 0.1) is 5.82 Å². The quantitative estimate of drug-likeness (QED) is 0.870. The van der Waals surface area contributed by atoms with E-state index in [0.29, 0.717) is 5.69 Å². The predicted octanol–water partition coefficient (Wildman–Crippen LogP) is 2.95. The van der Waals surface area contributed by atoms with Crippen LogP contribution in [0.2, 0.25) is 5.02 Å². The molecule has 0 spiro atoms. The van der Waals surface area contributed by atoms with Crippen molar-refractivity contribution in [2.45, 2.75) is 18.4 Å². The van der Waals surface area contributed by atoms with Gasteiger partial charge in [0.25, 0.3) is 0 Å². The molecule has 122 valence electrons. The summed E-state index contributed by atoms with van der Waals surface area (Å²) in [6.07, 6.45) is 2.48. The van der Waals surface area contributed by atoms with Crippen molar-refractivity contribution in [3.05, 3.63) is 52.9 Å². The van der Waals surface area contributed by atoms with Gasteiger partial charge in [0.15, 0.2) is 0 Å². The molecule has 1 saturated carbocycles. The molecule has 0 radical (unpaired) electrons. The second kappa shape index (κ2) is 5.56. The van der Waals surface area contributed by atoms with Crippen LogP contribution in [0.1, 0.15) is 17.9 Å². The van der Waals surface area contributed by atoms with Gasteiger partial charge in [-0.1, -0.05) is 17.7 Å². The number of halogens is 2. The van der Waals surface area contributed by atoms with Gasteiger partial charge >= 0.3 is 6.03 Å². The molecule has 2 aliphatic rings. The summed E-state index contributed by atoms with van der Waals surface area (Å²) in [6.45, 7) is 0.0740. The normalized spacial score (nSPS) is 22.7. The molecular formula is C17H13ClFN3O2. The molecule has 2 aromatic rings. The lowest BCUT2D eigenvalue weighted by molar-refractivity contribution is -0.125. The number of imide groups is 1. The summed E-state index contributed by atoms with van der Waals surface area (Å²) >= 11 is 5.80. The highest BCUT2D eigenvalue weighted by Crippen LogP contribution is 2.45. The number of amides is 3. The molecule has 1 aromatic heterocycles. The zero-order valence-electron chi connectivity index (χ0n) is 12.5. The smallest absolute Gasteiger partial charge is 0.324 e. The van der Waals surface area contributed by atoms with Gasteiger partial charge in [-0.15, -0.1) is 0 Å². The molecule has 1 N–H and O–H groups in total. The summed E-state index contributed by atoms with van der Waals surface area (Å²) in [5, 5.41) is 2.59. The molecule has 2 heterocycles. The van der Waals surface area contributed by atoms with Crippen LogP contribution in [-0.2, 0) is 4.79 Å². The fourth-order valence-corrected chi connectivity index (χ4v) is 3.23. The third kappa shape index (κ3) is 2.53. The van der Waals surface area contributed by atoms with Gasteiger partial charge < -0.3 is 5.32 Å². The van der Waals surface area contributed by atoms with E-state index in [2.05, 4.69) is 10.3 Å². The minimum Gasteiger partial charge on any atom is -0.329 e. The Bertz CT molecular complexity index is 824. The van der Waals surface area contributed by atoms with Crippen LogP contribution < -0.4 is 5.32 Å². The Hall–Kier alpha value is -2.47. The van der Waals surface area contributed by atoms with Crippen molar-refractivity contribution in [2.24, 2.45) is 0 Å². The molecule has 1 aromatic carbocycles. The van der Waals surface area contributed by atoms with Crippen molar-refractivity contribution < 1.29 is 14.0 Å². The van der Waals surface area contributed by atoms with Crippen molar-refractivity contribution in [1.29, 1.82) is 0 Å². The molecule has 24 heavy (non-hydrogen) atoms. The zero-order chi connectivity index (χ0) is 16.8. The van der Waals surface area contributed by atoms with Crippen LogP contribution in [0.3, 0.4) is 0 Å². The zero-order valence-corrected chi connectivity index (χ0v) is 13.3. The standard InChI is InChI=1S/C17H13ClFN3O2/c18-12-5-9(1-3-13(12)19)14-4-2-10(7-20-14)11-6-15(11)22-16(23)8-21-17(22)24/h1-5,7,11,15H,6,8H2,(H,21,24)/t11-,15?/m0/s1. The number of benzene rings is 1. The van der Waals surface area contributed by atoms with Crippen LogP contribution in [0.15, 0.2) is 36.5 Å². The number of carbonyl (C=O) groups is 2. The number of hydrogen-bond acceptors (Lipinski definition) is 3. The van der Waals surface area contributed by atoms with Crippen LogP contribution in [0.25, 0.3) is 11.3 Å². The number of nitrogens with one attached hydrogen (secondary N) is 1. The van der Waals surface area contributed by atoms with E-state index in [-0.39, 0.29) is 35.5 Å². The Morgan fingerprint density at radius 3 is 2.71 bits per heavy atom. The van der Waals surface area contributed by atoms with Crippen LogP contribution >= 0.6 is 11.6 Å². The van der Waals surface area contributed by atoms with E-state index in [9.17, 15) is 14.0 Å². The highest BCUT2D eigenvalue weighted by molar-refractivity contribution is 6.31. The van der Waals surface area contributed by atoms with E-state index >= 15 is 0 Å². The molecule has 1 saturated heterocycles. The van der Waals surface area contributed by atoms with Crippen molar-refractivity contribution in [3.8, 4) is 11.3 Å². The molecule has 7 heteroatoms. The van der Waals surface area contributed by atoms with Crippen LogP contribution in [0.5, 0.6) is 0 Å². The van der Waals surface area contributed by atoms with Gasteiger partial charge in [0.1, 0.15) is 5.82 Å². The van der Waals surface area contributed by atoms with Gasteiger partial charge in [-0.25, -0.2) is 9.18 Å². The molecule has 4 rings (SSSR count). The Labute approximate surface area is 142 Å². The fraction of sp³-hybridized carbons (Fsp3) is 0.235. The lowest BCUT2D eigenvalue weighted by atomic mass is 10.1. The van der Waals surface area contributed by atoms with E-state index in [1.165, 1.54) is 17.0 Å². The van der Waals surface area contributed by atoms with E-state index in [0.717, 1.165) is 17.5 Å². The van der Waals surface area contributed by atoms with Crippen molar-refractivity contribution in [1.82, 2.24) is 15.2 Å². The largest absolute Gasteiger partial charge is 0.329 e. The Balaban J connectivity index is 1.52. The molecule has 0 bridgehead atoms. The molecule has 2 atom stereocenters. The van der Waals surface area contributed by atoms with E-state index in [4.69, 9.17) is 11.6 Å². The monoisotopic (exact) mass is 345 g/mol. The molecule has 2 fully saturated rings. The number of carbonyl (C=O) groups excluding carboxylic acids is 2.